The first kappa shape index (κ1) is 39.8. The van der Waals surface area contributed by atoms with E-state index in [0.717, 1.165) is 35.4 Å². The summed E-state index contributed by atoms with van der Waals surface area (Å²) < 4.78 is 3.88. The molecule has 54 heavy (non-hydrogen) atoms. The Labute approximate surface area is 343 Å². The second-order valence-electron chi connectivity index (χ2n) is 13.7. The Hall–Kier alpha value is -3.84. The molecule has 6 aromatic rings. The van der Waals surface area contributed by atoms with Crippen molar-refractivity contribution in [1.82, 2.24) is 0 Å². The first-order valence-electron chi connectivity index (χ1n) is 18.6. The van der Waals surface area contributed by atoms with Crippen LogP contribution in [-0.4, -0.2) is 0 Å². The first-order valence-corrected chi connectivity index (χ1v) is 23.5. The maximum Gasteiger partial charge on any atom is 0.263 e. The zero-order valence-electron chi connectivity index (χ0n) is 31.1. The van der Waals surface area contributed by atoms with Crippen LogP contribution in [0.3, 0.4) is 0 Å². The topological polar surface area (TPSA) is 56.3 Å². The Morgan fingerprint density at radius 1 is 0.611 bits per heavy atom. The monoisotopic (exact) mass is 818 g/mol. The molecular weight excluding hydrogens is 777 g/mol. The lowest BCUT2D eigenvalue weighted by molar-refractivity contribution is 0.449. The summed E-state index contributed by atoms with van der Waals surface area (Å²) in [6, 6.07) is 18.0. The van der Waals surface area contributed by atoms with Gasteiger partial charge in [0.2, 0.25) is 0 Å². The molecular formula is C44H42N4S6. The fourth-order valence-electron chi connectivity index (χ4n) is 6.79. The summed E-state index contributed by atoms with van der Waals surface area (Å²) in [4.78, 5) is 16.5. The summed E-state index contributed by atoms with van der Waals surface area (Å²) in [6.45, 7) is 23.9. The van der Waals surface area contributed by atoms with Crippen molar-refractivity contribution < 1.29 is 0 Å². The maximum atomic E-state index is 9.50. The zero-order chi connectivity index (χ0) is 38.2. The minimum Gasteiger partial charge on any atom is -0.227 e. The van der Waals surface area contributed by atoms with E-state index in [1.165, 1.54) is 97.7 Å². The SMILES string of the molecule is [C-]#[N+]/C(C#N)=C\c1sc(-c2cc3sc(-c4cc5cc(-c6cc(CC(CC)CCCC)c(/C=C(\C#N)[N+]#[C-])s6)sc5s4)cc3s2)cc1CC(CC)CCCC. The van der Waals surface area contributed by atoms with Crippen LogP contribution in [0.15, 0.2) is 47.8 Å². The standard InChI is InChI=1S/C44H42N4S6/c1-7-11-13-27(9-3)15-29-17-36(49-34(29)21-32(25-45)47-5)38-19-31-20-39(54-44(31)53-38)41-24-43-42(52-41)23-40(51-43)37-18-30(16-28(10-4)14-12-8-2)35(50-37)22-33(26-46)48-6/h17-24,27-28H,7-16H2,1-4H3/b32-21+,33-22-. The highest BCUT2D eigenvalue weighted by atomic mass is 32.2. The van der Waals surface area contributed by atoms with Gasteiger partial charge < -0.3 is 0 Å². The quantitative estimate of drug-likeness (QED) is 0.0680. The van der Waals surface area contributed by atoms with Crippen LogP contribution in [0, 0.1) is 47.6 Å². The highest BCUT2D eigenvalue weighted by Crippen LogP contribution is 2.49. The van der Waals surface area contributed by atoms with Gasteiger partial charge in [-0.3, -0.25) is 0 Å². The number of nitriles is 2. The largest absolute Gasteiger partial charge is 0.263 e. The lowest BCUT2D eigenvalue weighted by Gasteiger charge is -2.14. The molecule has 0 bridgehead atoms. The van der Waals surface area contributed by atoms with Gasteiger partial charge in [0.25, 0.3) is 11.4 Å². The Morgan fingerprint density at radius 3 is 1.37 bits per heavy atom. The van der Waals surface area contributed by atoms with Gasteiger partial charge in [0.1, 0.15) is 0 Å². The molecule has 0 saturated heterocycles. The van der Waals surface area contributed by atoms with E-state index in [1.807, 2.05) is 45.3 Å². The summed E-state index contributed by atoms with van der Waals surface area (Å²) in [5.74, 6) is 1.20. The lowest BCUT2D eigenvalue weighted by atomic mass is 9.92. The van der Waals surface area contributed by atoms with Gasteiger partial charge in [-0.2, -0.15) is 0 Å². The van der Waals surface area contributed by atoms with E-state index >= 15 is 0 Å². The summed E-state index contributed by atoms with van der Waals surface area (Å²) in [5.41, 5.74) is 2.79. The van der Waals surface area contributed by atoms with E-state index in [9.17, 15) is 10.5 Å². The van der Waals surface area contributed by atoms with Crippen molar-refractivity contribution in [3.8, 4) is 41.4 Å². The lowest BCUT2D eigenvalue weighted by Crippen LogP contribution is -2.03. The van der Waals surface area contributed by atoms with Crippen LogP contribution in [-0.2, 0) is 12.8 Å². The molecule has 4 nitrogen and oxygen atoms in total. The summed E-state index contributed by atoms with van der Waals surface area (Å²) in [6.07, 6.45) is 15.0. The van der Waals surface area contributed by atoms with Crippen LogP contribution in [0.1, 0.15) is 99.9 Å². The predicted octanol–water partition coefficient (Wildman–Crippen LogP) is 16.4. The van der Waals surface area contributed by atoms with Gasteiger partial charge in [-0.25, -0.2) is 20.2 Å². The van der Waals surface area contributed by atoms with Crippen molar-refractivity contribution in [2.45, 2.75) is 91.9 Å². The number of nitrogens with zero attached hydrogens (tertiary/aromatic N) is 4. The fourth-order valence-corrected chi connectivity index (χ4v) is 14.1. The van der Waals surface area contributed by atoms with Crippen molar-refractivity contribution in [3.63, 3.8) is 0 Å². The highest BCUT2D eigenvalue weighted by molar-refractivity contribution is 7.43. The van der Waals surface area contributed by atoms with Gasteiger partial charge in [-0.1, -0.05) is 79.1 Å². The molecule has 2 unspecified atom stereocenters. The molecule has 0 fully saturated rings. The third-order valence-electron chi connectivity index (χ3n) is 9.94. The second-order valence-corrected chi connectivity index (χ2v) is 20.4. The normalized spacial score (nSPS) is 13.2. The Morgan fingerprint density at radius 2 is 1.02 bits per heavy atom. The van der Waals surface area contributed by atoms with Crippen molar-refractivity contribution in [1.29, 1.82) is 10.5 Å². The Bertz CT molecular complexity index is 2210. The molecule has 0 aliphatic rings. The molecule has 274 valence electrons. The molecule has 0 spiro atoms. The van der Waals surface area contributed by atoms with E-state index in [1.54, 1.807) is 34.8 Å². The molecule has 6 aromatic heterocycles. The van der Waals surface area contributed by atoms with E-state index in [0.29, 0.717) is 11.8 Å². The summed E-state index contributed by atoms with van der Waals surface area (Å²) in [7, 11) is 0. The van der Waals surface area contributed by atoms with E-state index in [4.69, 9.17) is 13.1 Å². The number of hydrogen-bond acceptors (Lipinski definition) is 8. The second kappa shape index (κ2) is 18.7. The number of fused-ring (bicyclic) bond motifs is 2. The summed E-state index contributed by atoms with van der Waals surface area (Å²) >= 11 is 10.8. The van der Waals surface area contributed by atoms with E-state index in [-0.39, 0.29) is 11.4 Å². The third-order valence-corrected chi connectivity index (χ3v) is 17.5. The molecule has 0 saturated carbocycles. The first-order chi connectivity index (χ1) is 26.3. The number of hydrogen-bond donors (Lipinski definition) is 0. The molecule has 6 heterocycles. The predicted molar refractivity (Wildman–Crippen MR) is 239 cm³/mol. The third kappa shape index (κ3) is 9.16. The van der Waals surface area contributed by atoms with Gasteiger partial charge in [0.05, 0.1) is 29.3 Å². The number of unbranched alkanes of at least 4 members (excludes halogenated alkanes) is 2. The van der Waals surface area contributed by atoms with Gasteiger partial charge in [0, 0.05) is 53.8 Å². The van der Waals surface area contributed by atoms with Crippen LogP contribution in [0.2, 0.25) is 0 Å². The van der Waals surface area contributed by atoms with Gasteiger partial charge in [-0.15, -0.1) is 68.0 Å². The molecule has 0 aromatic carbocycles. The minimum atomic E-state index is 0.141. The number of rotatable bonds is 17. The molecule has 6 rings (SSSR count). The molecule has 0 aliphatic heterocycles. The molecule has 0 amide bonds. The summed E-state index contributed by atoms with van der Waals surface area (Å²) in [5, 5.41) is 20.3. The zero-order valence-corrected chi connectivity index (χ0v) is 36.0. The van der Waals surface area contributed by atoms with Crippen molar-refractivity contribution in [2.24, 2.45) is 11.8 Å². The Balaban J connectivity index is 1.25. The average Bonchev–Trinajstić information content (AvgIpc) is 4.03. The van der Waals surface area contributed by atoms with Crippen LogP contribution < -0.4 is 0 Å². The number of thiophene rings is 6. The van der Waals surface area contributed by atoms with Crippen LogP contribution in [0.25, 0.3) is 69.9 Å². The maximum absolute atomic E-state index is 9.50. The van der Waals surface area contributed by atoms with Gasteiger partial charge >= 0.3 is 0 Å². The van der Waals surface area contributed by atoms with Crippen molar-refractivity contribution in [2.75, 3.05) is 0 Å². The number of allylic oxidation sites excluding steroid dienone is 2. The van der Waals surface area contributed by atoms with Gasteiger partial charge in [-0.05, 0) is 84.4 Å². The highest BCUT2D eigenvalue weighted by Gasteiger charge is 2.20. The smallest absolute Gasteiger partial charge is 0.227 e. The van der Waals surface area contributed by atoms with E-state index < -0.39 is 0 Å². The average molecular weight is 819 g/mol. The fraction of sp³-hybridized carbons (Fsp3) is 0.364. The minimum absolute atomic E-state index is 0.141. The molecule has 0 N–H and O–H groups in total. The van der Waals surface area contributed by atoms with Crippen molar-refractivity contribution in [3.05, 3.63) is 91.5 Å². The van der Waals surface area contributed by atoms with E-state index in [2.05, 4.69) is 85.9 Å². The van der Waals surface area contributed by atoms with Crippen molar-refractivity contribution >= 4 is 99.0 Å². The molecule has 2 atom stereocenters. The molecule has 0 radical (unpaired) electrons. The molecule has 10 heteroatoms. The van der Waals surface area contributed by atoms with Gasteiger partial charge in [0.15, 0.2) is 0 Å². The Kier molecular flexibility index (Phi) is 13.8. The van der Waals surface area contributed by atoms with Crippen LogP contribution in [0.4, 0.5) is 0 Å². The molecule has 0 aliphatic carbocycles. The van der Waals surface area contributed by atoms with Crippen LogP contribution in [0.5, 0.6) is 0 Å². The van der Waals surface area contributed by atoms with Crippen LogP contribution >= 0.6 is 68.0 Å².